The Hall–Kier alpha value is -3.70. The van der Waals surface area contributed by atoms with Gasteiger partial charge in [-0.1, -0.05) is 0 Å². The van der Waals surface area contributed by atoms with Gasteiger partial charge in [0.1, 0.15) is 18.1 Å². The van der Waals surface area contributed by atoms with E-state index in [2.05, 4.69) is 20.2 Å². The van der Waals surface area contributed by atoms with Crippen LogP contribution in [0, 0.1) is 12.7 Å². The number of hydrogen-bond acceptors (Lipinski definition) is 8. The first-order chi connectivity index (χ1) is 17.8. The molecule has 2 saturated heterocycles. The Kier molecular flexibility index (Phi) is 5.57. The highest BCUT2D eigenvalue weighted by Crippen LogP contribution is 2.41. The molecule has 3 aliphatic heterocycles. The number of hydrogen-bond donors (Lipinski definition) is 3. The van der Waals surface area contributed by atoms with E-state index in [4.69, 9.17) is 15.2 Å². The second-order valence-electron chi connectivity index (χ2n) is 10.2. The summed E-state index contributed by atoms with van der Waals surface area (Å²) in [6.07, 6.45) is 3.36. The van der Waals surface area contributed by atoms with E-state index >= 15 is 4.39 Å². The number of halogens is 1. The molecule has 1 aromatic carbocycles. The summed E-state index contributed by atoms with van der Waals surface area (Å²) < 4.78 is 27.2. The first kappa shape index (κ1) is 23.7. The van der Waals surface area contributed by atoms with Crippen molar-refractivity contribution >= 4 is 34.1 Å². The van der Waals surface area contributed by atoms with Gasteiger partial charge in [-0.3, -0.25) is 4.90 Å². The molecular weight excluding hydrogens is 479 g/mol. The lowest BCUT2D eigenvalue weighted by Gasteiger charge is -2.26. The molecule has 1 amide bonds. The van der Waals surface area contributed by atoms with E-state index < -0.39 is 11.9 Å². The predicted octanol–water partition coefficient (Wildman–Crippen LogP) is 3.48. The molecule has 4 N–H and O–H groups in total. The van der Waals surface area contributed by atoms with Crippen molar-refractivity contribution in [1.29, 1.82) is 0 Å². The van der Waals surface area contributed by atoms with Crippen LogP contribution in [0.3, 0.4) is 0 Å². The number of likely N-dealkylation sites (tertiary alicyclic amines) is 1. The zero-order valence-electron chi connectivity index (χ0n) is 20.8. The fourth-order valence-corrected chi connectivity index (χ4v) is 5.86. The summed E-state index contributed by atoms with van der Waals surface area (Å²) in [6.45, 7) is 5.00. The van der Waals surface area contributed by atoms with E-state index in [1.165, 1.54) is 11.1 Å². The smallest absolute Gasteiger partial charge is 0.413 e. The Morgan fingerprint density at radius 3 is 2.92 bits per heavy atom. The molecule has 2 atom stereocenters. The summed E-state index contributed by atoms with van der Waals surface area (Å²) in [5.74, 6) is 0.162. The molecule has 5 heterocycles. The van der Waals surface area contributed by atoms with Gasteiger partial charge in [-0.05, 0) is 43.5 Å². The Morgan fingerprint density at radius 2 is 2.16 bits per heavy atom. The SMILES string of the molecule is Cc1c(-c2cc3cc(N(C(=O)O)[C@H]4CO[C@@]5(CCN(C)C5)C4)ncc3c(N)c2F)cnc2c1NCCO2. The van der Waals surface area contributed by atoms with Crippen LogP contribution in [0.4, 0.5) is 26.4 Å². The van der Waals surface area contributed by atoms with Gasteiger partial charge in [0.2, 0.25) is 5.88 Å². The fraction of sp³-hybridized carbons (Fsp3) is 0.423. The number of nitrogen functional groups attached to an aromatic ring is 1. The minimum atomic E-state index is -1.11. The predicted molar refractivity (Wildman–Crippen MR) is 138 cm³/mol. The van der Waals surface area contributed by atoms with Crippen LogP contribution in [-0.2, 0) is 4.74 Å². The second-order valence-corrected chi connectivity index (χ2v) is 10.2. The van der Waals surface area contributed by atoms with Crippen LogP contribution in [0.1, 0.15) is 18.4 Å². The lowest BCUT2D eigenvalue weighted by atomic mass is 9.96. The number of rotatable bonds is 3. The average molecular weight is 509 g/mol. The van der Waals surface area contributed by atoms with Crippen LogP contribution in [0.15, 0.2) is 24.5 Å². The summed E-state index contributed by atoms with van der Waals surface area (Å²) in [7, 11) is 2.04. The molecule has 6 rings (SSSR count). The number of ether oxygens (including phenoxy) is 2. The first-order valence-electron chi connectivity index (χ1n) is 12.4. The van der Waals surface area contributed by atoms with Gasteiger partial charge in [0.25, 0.3) is 0 Å². The molecule has 37 heavy (non-hydrogen) atoms. The third kappa shape index (κ3) is 3.89. The van der Waals surface area contributed by atoms with Crippen molar-refractivity contribution in [2.24, 2.45) is 0 Å². The molecule has 0 saturated carbocycles. The molecular formula is C26H29FN6O4. The maximum atomic E-state index is 15.5. The zero-order chi connectivity index (χ0) is 25.9. The maximum Gasteiger partial charge on any atom is 0.413 e. The maximum absolute atomic E-state index is 15.5. The summed E-state index contributed by atoms with van der Waals surface area (Å²) in [6, 6.07) is 2.95. The molecule has 2 aromatic heterocycles. The van der Waals surface area contributed by atoms with Gasteiger partial charge in [-0.15, -0.1) is 0 Å². The summed E-state index contributed by atoms with van der Waals surface area (Å²) in [4.78, 5) is 24.6. The summed E-state index contributed by atoms with van der Waals surface area (Å²) in [5, 5.41) is 14.4. The number of likely N-dealkylation sites (N-methyl/N-ethyl adjacent to an activating group) is 1. The monoisotopic (exact) mass is 508 g/mol. The molecule has 3 aliphatic rings. The number of pyridine rings is 2. The number of benzene rings is 1. The highest BCUT2D eigenvalue weighted by Gasteiger charge is 2.47. The number of fused-ring (bicyclic) bond motifs is 2. The van der Waals surface area contributed by atoms with E-state index in [1.54, 1.807) is 18.3 Å². The lowest BCUT2D eigenvalue weighted by molar-refractivity contribution is 0.0141. The van der Waals surface area contributed by atoms with Crippen LogP contribution in [0.25, 0.3) is 21.9 Å². The van der Waals surface area contributed by atoms with E-state index in [1.807, 2.05) is 14.0 Å². The number of nitrogens with two attached hydrogens (primary N) is 1. The summed E-state index contributed by atoms with van der Waals surface area (Å²) >= 11 is 0. The summed E-state index contributed by atoms with van der Waals surface area (Å²) in [5.41, 5.74) is 8.20. The first-order valence-corrected chi connectivity index (χ1v) is 12.4. The molecule has 2 fully saturated rings. The number of nitrogens with one attached hydrogen (secondary N) is 1. The van der Waals surface area contributed by atoms with Gasteiger partial charge in [0, 0.05) is 55.0 Å². The molecule has 3 aromatic rings. The van der Waals surface area contributed by atoms with Gasteiger partial charge >= 0.3 is 6.09 Å². The van der Waals surface area contributed by atoms with Crippen molar-refractivity contribution in [1.82, 2.24) is 14.9 Å². The lowest BCUT2D eigenvalue weighted by Crippen LogP contribution is -2.42. The number of nitrogens with zero attached hydrogens (tertiary/aromatic N) is 4. The third-order valence-electron chi connectivity index (χ3n) is 7.74. The van der Waals surface area contributed by atoms with Crippen molar-refractivity contribution in [3.05, 3.63) is 35.9 Å². The number of anilines is 3. The third-order valence-corrected chi connectivity index (χ3v) is 7.74. The van der Waals surface area contributed by atoms with E-state index in [0.29, 0.717) is 48.4 Å². The Labute approximate surface area is 213 Å². The van der Waals surface area contributed by atoms with Gasteiger partial charge in [-0.25, -0.2) is 19.2 Å². The zero-order valence-corrected chi connectivity index (χ0v) is 20.8. The van der Waals surface area contributed by atoms with Crippen molar-refractivity contribution in [3.63, 3.8) is 0 Å². The highest BCUT2D eigenvalue weighted by atomic mass is 19.1. The standard InChI is InChI=1S/C26H29FN6O4/c1-14-18(10-31-24-23(14)29-4-6-36-24)17-7-15-8-20(30-11-19(15)22(28)21(17)27)33(25(34)35)16-9-26(37-12-16)3-5-32(2)13-26/h7-8,10-11,16,29H,3-6,9,12-13,28H2,1-2H3,(H,34,35)/t16-,26+/m1/s1. The minimum absolute atomic E-state index is 0.0492. The molecule has 0 aliphatic carbocycles. The van der Waals surface area contributed by atoms with Crippen LogP contribution < -0.4 is 20.7 Å². The number of carboxylic acid groups (broad SMARTS) is 1. The van der Waals surface area contributed by atoms with Crippen LogP contribution >= 0.6 is 0 Å². The Bertz CT molecular complexity index is 1420. The van der Waals surface area contributed by atoms with Crippen LogP contribution in [0.5, 0.6) is 5.88 Å². The van der Waals surface area contributed by atoms with Gasteiger partial charge < -0.3 is 30.5 Å². The highest BCUT2D eigenvalue weighted by molar-refractivity contribution is 5.99. The average Bonchev–Trinajstić information content (AvgIpc) is 3.46. The number of carbonyl (C=O) groups is 1. The minimum Gasteiger partial charge on any atom is -0.474 e. The van der Waals surface area contributed by atoms with Crippen molar-refractivity contribution in [2.75, 3.05) is 55.8 Å². The number of aromatic nitrogens is 2. The van der Waals surface area contributed by atoms with E-state index in [9.17, 15) is 9.90 Å². The molecule has 194 valence electrons. The van der Waals surface area contributed by atoms with Crippen molar-refractivity contribution in [2.45, 2.75) is 31.4 Å². The van der Waals surface area contributed by atoms with E-state index in [-0.39, 0.29) is 28.7 Å². The van der Waals surface area contributed by atoms with E-state index in [0.717, 1.165) is 30.8 Å². The molecule has 0 bridgehead atoms. The molecule has 1 spiro atoms. The molecule has 10 nitrogen and oxygen atoms in total. The quantitative estimate of drug-likeness (QED) is 0.456. The van der Waals surface area contributed by atoms with Crippen LogP contribution in [-0.4, -0.2) is 77.6 Å². The van der Waals surface area contributed by atoms with Gasteiger partial charge in [-0.2, -0.15) is 0 Å². The second kappa shape index (κ2) is 8.70. The molecule has 0 unspecified atom stereocenters. The normalized spacial score (nSPS) is 23.2. The molecule has 0 radical (unpaired) electrons. The van der Waals surface area contributed by atoms with Crippen molar-refractivity contribution in [3.8, 4) is 17.0 Å². The topological polar surface area (TPSA) is 126 Å². The van der Waals surface area contributed by atoms with Crippen LogP contribution in [0.2, 0.25) is 0 Å². The fourth-order valence-electron chi connectivity index (χ4n) is 5.86. The van der Waals surface area contributed by atoms with Gasteiger partial charge in [0.05, 0.1) is 23.9 Å². The Balaban J connectivity index is 1.40. The van der Waals surface area contributed by atoms with Gasteiger partial charge in [0.15, 0.2) is 5.82 Å². The largest absolute Gasteiger partial charge is 0.474 e. The van der Waals surface area contributed by atoms with Crippen molar-refractivity contribution < 1.29 is 23.8 Å². The number of amides is 1. The Morgan fingerprint density at radius 1 is 1.32 bits per heavy atom. The molecule has 11 heteroatoms.